The van der Waals surface area contributed by atoms with E-state index in [0.29, 0.717) is 17.8 Å². The first-order valence-corrected chi connectivity index (χ1v) is 5.14. The number of fused-ring (bicyclic) bond motifs is 1. The monoisotopic (exact) mass is 220 g/mol. The second-order valence-corrected chi connectivity index (χ2v) is 3.82. The summed E-state index contributed by atoms with van der Waals surface area (Å²) in [7, 11) is 0. The number of hydrogen-bond acceptors (Lipinski definition) is 2. The lowest BCUT2D eigenvalue weighted by atomic mass is 10.00. The molecule has 1 unspecified atom stereocenters. The Morgan fingerprint density at radius 3 is 3.00 bits per heavy atom. The molecule has 0 fully saturated rings. The molecule has 1 heterocycles. The van der Waals surface area contributed by atoms with Crippen LogP contribution in [0.5, 0.6) is 0 Å². The predicted molar refractivity (Wildman–Crippen MR) is 61.5 cm³/mol. The number of halogens is 1. The normalized spacial score (nSPS) is 18.9. The summed E-state index contributed by atoms with van der Waals surface area (Å²) in [6.45, 7) is 2.17. The summed E-state index contributed by atoms with van der Waals surface area (Å²) in [5, 5.41) is 2.54. The van der Waals surface area contributed by atoms with Crippen LogP contribution in [0, 0.1) is 5.82 Å². The maximum atomic E-state index is 13.6. The van der Waals surface area contributed by atoms with Crippen LogP contribution in [0.15, 0.2) is 18.2 Å². The molecule has 1 amide bonds. The molecule has 0 saturated heterocycles. The lowest BCUT2D eigenvalue weighted by Gasteiger charge is -2.04. The van der Waals surface area contributed by atoms with E-state index in [2.05, 4.69) is 5.32 Å². The predicted octanol–water partition coefficient (Wildman–Crippen LogP) is 1.85. The molecule has 0 saturated carbocycles. The van der Waals surface area contributed by atoms with Crippen LogP contribution in [0.2, 0.25) is 0 Å². The molecule has 0 radical (unpaired) electrons. The van der Waals surface area contributed by atoms with Crippen LogP contribution in [-0.4, -0.2) is 12.5 Å². The van der Waals surface area contributed by atoms with Crippen LogP contribution in [0.1, 0.15) is 24.0 Å². The van der Waals surface area contributed by atoms with Crippen LogP contribution in [0.4, 0.5) is 10.1 Å². The van der Waals surface area contributed by atoms with Crippen LogP contribution in [0.25, 0.3) is 6.08 Å². The zero-order chi connectivity index (χ0) is 11.7. The Bertz CT molecular complexity index is 468. The van der Waals surface area contributed by atoms with E-state index in [4.69, 9.17) is 5.73 Å². The van der Waals surface area contributed by atoms with E-state index in [1.807, 2.05) is 6.07 Å². The van der Waals surface area contributed by atoms with E-state index in [9.17, 15) is 9.18 Å². The molecule has 0 spiro atoms. The van der Waals surface area contributed by atoms with E-state index in [1.54, 1.807) is 19.1 Å². The standard InChI is InChI=1S/C12H13FN2O/c1-7-9-5-8(3-2-4-14)6-10(13)11(9)15-12(7)16/h2-3,5-7H,4,14H2,1H3,(H,15,16)/b3-2+. The average Bonchev–Trinajstić information content (AvgIpc) is 2.54. The first-order valence-electron chi connectivity index (χ1n) is 5.14. The topological polar surface area (TPSA) is 55.1 Å². The third-order valence-corrected chi connectivity index (χ3v) is 2.70. The van der Waals surface area contributed by atoms with Gasteiger partial charge in [0, 0.05) is 6.54 Å². The molecule has 2 rings (SSSR count). The number of carbonyl (C=O) groups is 1. The number of nitrogens with two attached hydrogens (primary N) is 1. The maximum Gasteiger partial charge on any atom is 0.231 e. The summed E-state index contributed by atoms with van der Waals surface area (Å²) in [5.41, 5.74) is 7.07. The molecule has 1 atom stereocenters. The summed E-state index contributed by atoms with van der Waals surface area (Å²) in [5.74, 6) is -0.851. The first kappa shape index (κ1) is 10.8. The number of amides is 1. The van der Waals surface area contributed by atoms with Crippen molar-refractivity contribution in [1.29, 1.82) is 0 Å². The van der Waals surface area contributed by atoms with Crippen LogP contribution < -0.4 is 11.1 Å². The van der Waals surface area contributed by atoms with Crippen molar-refractivity contribution in [2.24, 2.45) is 5.73 Å². The van der Waals surface area contributed by atoms with Crippen molar-refractivity contribution in [2.45, 2.75) is 12.8 Å². The van der Waals surface area contributed by atoms with Gasteiger partial charge in [0.15, 0.2) is 0 Å². The Hall–Kier alpha value is -1.68. The number of nitrogens with one attached hydrogen (secondary N) is 1. The summed E-state index contributed by atoms with van der Waals surface area (Å²) in [4.78, 5) is 11.4. The molecule has 1 aliphatic heterocycles. The quantitative estimate of drug-likeness (QED) is 0.799. The lowest BCUT2D eigenvalue weighted by Crippen LogP contribution is -2.08. The van der Waals surface area contributed by atoms with Gasteiger partial charge in [-0.15, -0.1) is 0 Å². The Labute approximate surface area is 93.1 Å². The van der Waals surface area contributed by atoms with Gasteiger partial charge in [-0.3, -0.25) is 4.79 Å². The van der Waals surface area contributed by atoms with Gasteiger partial charge < -0.3 is 11.1 Å². The minimum Gasteiger partial charge on any atom is -0.327 e. The van der Waals surface area contributed by atoms with E-state index in [1.165, 1.54) is 6.07 Å². The van der Waals surface area contributed by atoms with Crippen molar-refractivity contribution >= 4 is 17.7 Å². The van der Waals surface area contributed by atoms with Gasteiger partial charge in [0.2, 0.25) is 5.91 Å². The van der Waals surface area contributed by atoms with E-state index >= 15 is 0 Å². The van der Waals surface area contributed by atoms with Crippen LogP contribution in [-0.2, 0) is 4.79 Å². The number of hydrogen-bond donors (Lipinski definition) is 2. The Morgan fingerprint density at radius 1 is 1.56 bits per heavy atom. The van der Waals surface area contributed by atoms with Crippen molar-refractivity contribution in [3.05, 3.63) is 35.2 Å². The SMILES string of the molecule is CC1C(=O)Nc2c(F)cc(/C=C/CN)cc21. The van der Waals surface area contributed by atoms with Gasteiger partial charge in [-0.1, -0.05) is 12.2 Å². The number of rotatable bonds is 2. The Balaban J connectivity index is 2.46. The fraction of sp³-hybridized carbons (Fsp3) is 0.250. The van der Waals surface area contributed by atoms with Crippen molar-refractivity contribution in [1.82, 2.24) is 0 Å². The van der Waals surface area contributed by atoms with E-state index < -0.39 is 5.82 Å². The first-order chi connectivity index (χ1) is 7.63. The maximum absolute atomic E-state index is 13.6. The van der Waals surface area contributed by atoms with Crippen molar-refractivity contribution in [3.8, 4) is 0 Å². The summed E-state index contributed by atoms with van der Waals surface area (Å²) in [6.07, 6.45) is 3.49. The van der Waals surface area contributed by atoms with Crippen LogP contribution >= 0.6 is 0 Å². The summed E-state index contributed by atoms with van der Waals surface area (Å²) >= 11 is 0. The molecule has 0 aromatic heterocycles. The van der Waals surface area contributed by atoms with Gasteiger partial charge in [-0.25, -0.2) is 4.39 Å². The molecule has 84 valence electrons. The van der Waals surface area contributed by atoms with Crippen molar-refractivity contribution in [2.75, 3.05) is 11.9 Å². The number of carbonyl (C=O) groups excluding carboxylic acids is 1. The minimum atomic E-state index is -0.396. The molecular weight excluding hydrogens is 207 g/mol. The van der Waals surface area contributed by atoms with Gasteiger partial charge in [-0.2, -0.15) is 0 Å². The fourth-order valence-electron chi connectivity index (χ4n) is 1.80. The van der Waals surface area contributed by atoms with Gasteiger partial charge in [-0.05, 0) is 30.2 Å². The highest BCUT2D eigenvalue weighted by Crippen LogP contribution is 2.35. The molecule has 0 aliphatic carbocycles. The van der Waals surface area contributed by atoms with Crippen LogP contribution in [0.3, 0.4) is 0 Å². The molecule has 1 aliphatic rings. The fourth-order valence-corrected chi connectivity index (χ4v) is 1.80. The number of anilines is 1. The molecule has 0 bridgehead atoms. The highest BCUT2D eigenvalue weighted by atomic mass is 19.1. The lowest BCUT2D eigenvalue weighted by molar-refractivity contribution is -0.116. The highest BCUT2D eigenvalue weighted by molar-refractivity contribution is 6.03. The van der Waals surface area contributed by atoms with Crippen molar-refractivity contribution in [3.63, 3.8) is 0 Å². The van der Waals surface area contributed by atoms with Gasteiger partial charge in [0.05, 0.1) is 11.6 Å². The molecule has 1 aromatic rings. The smallest absolute Gasteiger partial charge is 0.231 e. The van der Waals surface area contributed by atoms with Crippen molar-refractivity contribution < 1.29 is 9.18 Å². The molecule has 3 nitrogen and oxygen atoms in total. The Kier molecular flexibility index (Phi) is 2.75. The third kappa shape index (κ3) is 1.72. The molecule has 4 heteroatoms. The largest absolute Gasteiger partial charge is 0.327 e. The second kappa shape index (κ2) is 4.06. The molecule has 16 heavy (non-hydrogen) atoms. The van der Waals surface area contributed by atoms with E-state index in [-0.39, 0.29) is 11.8 Å². The Morgan fingerprint density at radius 2 is 2.31 bits per heavy atom. The zero-order valence-corrected chi connectivity index (χ0v) is 8.96. The minimum absolute atomic E-state index is 0.158. The molecule has 3 N–H and O–H groups in total. The second-order valence-electron chi connectivity index (χ2n) is 3.82. The molecule has 1 aromatic carbocycles. The summed E-state index contributed by atoms with van der Waals surface area (Å²) < 4.78 is 13.6. The van der Waals surface area contributed by atoms with E-state index in [0.717, 1.165) is 5.56 Å². The zero-order valence-electron chi connectivity index (χ0n) is 8.96. The average molecular weight is 220 g/mol. The highest BCUT2D eigenvalue weighted by Gasteiger charge is 2.29. The van der Waals surface area contributed by atoms with Gasteiger partial charge >= 0.3 is 0 Å². The third-order valence-electron chi connectivity index (χ3n) is 2.70. The number of benzene rings is 1. The summed E-state index contributed by atoms with van der Waals surface area (Å²) in [6, 6.07) is 3.20. The van der Waals surface area contributed by atoms with Gasteiger partial charge in [0.25, 0.3) is 0 Å². The van der Waals surface area contributed by atoms with Gasteiger partial charge in [0.1, 0.15) is 5.82 Å². The molecular formula is C12H13FN2O.